The summed E-state index contributed by atoms with van der Waals surface area (Å²) in [6.45, 7) is 8.00. The van der Waals surface area contributed by atoms with Crippen LogP contribution >= 0.6 is 28.4 Å². The van der Waals surface area contributed by atoms with Crippen molar-refractivity contribution in [3.05, 3.63) is 58.4 Å². The van der Waals surface area contributed by atoms with E-state index in [0.717, 1.165) is 0 Å². The molecule has 3 aromatic rings. The molecule has 3 aromatic heterocycles. The van der Waals surface area contributed by atoms with Gasteiger partial charge in [-0.05, 0) is 56.2 Å². The van der Waals surface area contributed by atoms with Gasteiger partial charge in [0.1, 0.15) is 17.7 Å². The van der Waals surface area contributed by atoms with E-state index in [0.29, 0.717) is 29.1 Å². The molecule has 0 radical (unpaired) electrons. The van der Waals surface area contributed by atoms with Crippen molar-refractivity contribution in [3.63, 3.8) is 0 Å². The SMILES string of the molecule is CC.CC.N=C(/C=C\c1ncc(-c2cccnc2[N+](=O)[O-])[nH]1)c1cnn(PI)n1. The van der Waals surface area contributed by atoms with Crippen molar-refractivity contribution in [2.24, 2.45) is 0 Å². The highest BCUT2D eigenvalue weighted by Crippen LogP contribution is 2.26. The molecule has 0 aliphatic heterocycles. The van der Waals surface area contributed by atoms with E-state index in [1.165, 1.54) is 29.2 Å². The monoisotopic (exact) mass is 528 g/mol. The summed E-state index contributed by atoms with van der Waals surface area (Å²) in [6, 6.07) is 3.21. The summed E-state index contributed by atoms with van der Waals surface area (Å²) in [5.74, 6) is 0.215. The maximum absolute atomic E-state index is 11.1. The van der Waals surface area contributed by atoms with Gasteiger partial charge in [0.15, 0.2) is 0 Å². The Morgan fingerprint density at radius 1 is 1.31 bits per heavy atom. The van der Waals surface area contributed by atoms with Gasteiger partial charge in [0.05, 0.1) is 35.7 Å². The van der Waals surface area contributed by atoms with Crippen LogP contribution < -0.4 is 0 Å². The summed E-state index contributed by atoms with van der Waals surface area (Å²) >= 11 is 2.15. The van der Waals surface area contributed by atoms with Gasteiger partial charge in [-0.15, -0.1) is 5.10 Å². The number of halogens is 1. The molecule has 1 unspecified atom stereocenters. The molecule has 0 aliphatic carbocycles. The molecule has 0 saturated heterocycles. The predicted molar refractivity (Wildman–Crippen MR) is 125 cm³/mol. The molecule has 1 atom stereocenters. The third kappa shape index (κ3) is 6.79. The lowest BCUT2D eigenvalue weighted by atomic mass is 10.2. The number of hydrogen-bond acceptors (Lipinski definition) is 7. The van der Waals surface area contributed by atoms with E-state index in [4.69, 9.17) is 5.41 Å². The largest absolute Gasteiger partial charge is 0.372 e. The van der Waals surface area contributed by atoms with Crippen molar-refractivity contribution in [3.8, 4) is 11.3 Å². The molecule has 29 heavy (non-hydrogen) atoms. The number of hydrogen-bond donors (Lipinski definition) is 2. The maximum Gasteiger partial charge on any atom is 0.372 e. The van der Waals surface area contributed by atoms with Crippen LogP contribution in [0.25, 0.3) is 17.3 Å². The van der Waals surface area contributed by atoms with Gasteiger partial charge in [-0.25, -0.2) is 4.98 Å². The van der Waals surface area contributed by atoms with Gasteiger partial charge in [-0.3, -0.25) is 5.41 Å². The van der Waals surface area contributed by atoms with Crippen LogP contribution in [0.5, 0.6) is 0 Å². The minimum absolute atomic E-state index is 0.186. The van der Waals surface area contributed by atoms with Crippen LogP contribution in [-0.2, 0) is 0 Å². The lowest BCUT2D eigenvalue weighted by Crippen LogP contribution is -1.96. The zero-order valence-electron chi connectivity index (χ0n) is 16.4. The molecule has 3 rings (SSSR count). The first-order valence-electron chi connectivity index (χ1n) is 8.79. The molecule has 10 nitrogen and oxygen atoms in total. The molecule has 0 aliphatic rings. The number of allylic oxidation sites excluding steroid dienone is 1. The molecule has 0 amide bonds. The Morgan fingerprint density at radius 3 is 2.66 bits per heavy atom. The van der Waals surface area contributed by atoms with Crippen LogP contribution in [-0.4, -0.2) is 40.4 Å². The first kappa shape index (κ1) is 24.5. The topological polar surface area (TPSA) is 139 Å². The minimum atomic E-state index is -0.543. The summed E-state index contributed by atoms with van der Waals surface area (Å²) in [4.78, 5) is 21.4. The smallest absolute Gasteiger partial charge is 0.358 e. The zero-order chi connectivity index (χ0) is 21.8. The molecule has 2 N–H and O–H groups in total. The number of aromatic amines is 1. The number of pyridine rings is 1. The molecule has 0 saturated carbocycles. The number of rotatable bonds is 6. The molecule has 0 bridgehead atoms. The summed E-state index contributed by atoms with van der Waals surface area (Å²) < 4.78 is 1.50. The fourth-order valence-electron chi connectivity index (χ4n) is 1.99. The Hall–Kier alpha value is -2.53. The van der Waals surface area contributed by atoms with Gasteiger partial charge in [0.25, 0.3) is 0 Å². The second kappa shape index (κ2) is 12.8. The molecular weight excluding hydrogens is 506 g/mol. The van der Waals surface area contributed by atoms with Crippen LogP contribution in [0.2, 0.25) is 0 Å². The van der Waals surface area contributed by atoms with Crippen LogP contribution in [0.1, 0.15) is 39.2 Å². The first-order chi connectivity index (χ1) is 14.1. The Labute approximate surface area is 183 Å². The van der Waals surface area contributed by atoms with E-state index in [-0.39, 0.29) is 11.5 Å². The Morgan fingerprint density at radius 2 is 2.03 bits per heavy atom. The minimum Gasteiger partial charge on any atom is -0.358 e. The van der Waals surface area contributed by atoms with E-state index >= 15 is 0 Å². The van der Waals surface area contributed by atoms with Crippen molar-refractivity contribution in [2.75, 3.05) is 0 Å². The Bertz CT molecular complexity index is 970. The number of imidazole rings is 1. The summed E-state index contributed by atoms with van der Waals surface area (Å²) in [6.07, 6.45) is 7.87. The van der Waals surface area contributed by atoms with Gasteiger partial charge in [-0.1, -0.05) is 27.7 Å². The van der Waals surface area contributed by atoms with Gasteiger partial charge in [-0.2, -0.15) is 9.67 Å². The lowest BCUT2D eigenvalue weighted by molar-refractivity contribution is -0.388. The summed E-state index contributed by atoms with van der Waals surface area (Å²) in [5, 5.41) is 27.2. The number of nitrogens with zero attached hydrogens (tertiary/aromatic N) is 6. The molecule has 0 spiro atoms. The van der Waals surface area contributed by atoms with Crippen LogP contribution in [0.15, 0.2) is 36.8 Å². The van der Waals surface area contributed by atoms with Crippen molar-refractivity contribution in [1.82, 2.24) is 29.7 Å². The van der Waals surface area contributed by atoms with E-state index < -0.39 is 4.92 Å². The fraction of sp³-hybridized carbons (Fsp3) is 0.235. The van der Waals surface area contributed by atoms with E-state index in [9.17, 15) is 10.1 Å². The lowest BCUT2D eigenvalue weighted by Gasteiger charge is -1.98. The third-order valence-corrected chi connectivity index (χ3v) is 4.76. The molecule has 154 valence electrons. The van der Waals surface area contributed by atoms with Gasteiger partial charge in [0, 0.05) is 0 Å². The number of nitrogens with one attached hydrogen (secondary N) is 2. The number of aromatic nitrogens is 6. The van der Waals surface area contributed by atoms with Crippen molar-refractivity contribution in [1.29, 1.82) is 5.41 Å². The third-order valence-electron chi connectivity index (χ3n) is 3.10. The van der Waals surface area contributed by atoms with Gasteiger partial charge < -0.3 is 15.1 Å². The first-order valence-corrected chi connectivity index (χ1v) is 12.9. The van der Waals surface area contributed by atoms with Gasteiger partial charge >= 0.3 is 5.82 Å². The highest BCUT2D eigenvalue weighted by molar-refractivity contribution is 14.2. The number of nitro groups is 1. The summed E-state index contributed by atoms with van der Waals surface area (Å²) in [7, 11) is 0. The highest BCUT2D eigenvalue weighted by Gasteiger charge is 2.17. The standard InChI is InChI=1S/C13H10IN8O2P.2C2H6/c14-25-22-18-7-11(20-22)9(15)3-4-12-17-6-10(19-12)8-2-1-5-16-13(8)21(23)24;2*1-2/h1-7,15,25H,(H,17,19);2*1-2H3/b4-3-,15-9?;;. The molecule has 12 heteroatoms. The van der Waals surface area contributed by atoms with Crippen LogP contribution in [0, 0.1) is 15.5 Å². The van der Waals surface area contributed by atoms with E-state index in [2.05, 4.69) is 47.2 Å². The predicted octanol–water partition coefficient (Wildman–Crippen LogP) is 4.90. The zero-order valence-corrected chi connectivity index (χ0v) is 19.6. The number of H-pyrrole nitrogens is 1. The Kier molecular flexibility index (Phi) is 10.8. The molecule has 0 aromatic carbocycles. The average Bonchev–Trinajstić information content (AvgIpc) is 3.44. The fourth-order valence-corrected chi connectivity index (χ4v) is 2.93. The highest BCUT2D eigenvalue weighted by atomic mass is 127. The second-order valence-electron chi connectivity index (χ2n) is 4.66. The van der Waals surface area contributed by atoms with E-state index in [1.54, 1.807) is 18.2 Å². The van der Waals surface area contributed by atoms with Crippen LogP contribution in [0.3, 0.4) is 0 Å². The van der Waals surface area contributed by atoms with Crippen molar-refractivity contribution < 1.29 is 4.92 Å². The normalized spacial score (nSPS) is 10.4. The summed E-state index contributed by atoms with van der Waals surface area (Å²) in [5.41, 5.74) is 1.46. The molecular formula is C17H22IN8O2P. The van der Waals surface area contributed by atoms with Crippen molar-refractivity contribution >= 4 is 46.0 Å². The maximum atomic E-state index is 11.1. The molecule has 3 heterocycles. The van der Waals surface area contributed by atoms with E-state index in [1.807, 2.05) is 27.7 Å². The van der Waals surface area contributed by atoms with Crippen molar-refractivity contribution in [2.45, 2.75) is 27.7 Å². The average molecular weight is 528 g/mol. The Balaban J connectivity index is 0.000000989. The quantitative estimate of drug-likeness (QED) is 0.154. The molecule has 0 fully saturated rings. The second-order valence-corrected chi connectivity index (χ2v) is 6.68. The van der Waals surface area contributed by atoms with Gasteiger partial charge in [0.2, 0.25) is 0 Å². The van der Waals surface area contributed by atoms with Crippen LogP contribution in [0.4, 0.5) is 5.82 Å².